The average Bonchev–Trinajstić information content (AvgIpc) is 2.58. The highest BCUT2D eigenvalue weighted by atomic mass is 15.2. The van der Waals surface area contributed by atoms with Gasteiger partial charge in [0.25, 0.3) is 0 Å². The molecule has 1 unspecified atom stereocenters. The molecule has 1 rings (SSSR count). The zero-order valence-corrected chi connectivity index (χ0v) is 8.84. The Morgan fingerprint density at radius 1 is 1.08 bits per heavy atom. The molecule has 1 fully saturated rings. The van der Waals surface area contributed by atoms with E-state index in [4.69, 9.17) is 0 Å². The summed E-state index contributed by atoms with van der Waals surface area (Å²) in [7, 11) is 0. The molecule has 0 aromatic heterocycles. The summed E-state index contributed by atoms with van der Waals surface area (Å²) < 4.78 is 0. The van der Waals surface area contributed by atoms with Crippen molar-refractivity contribution in [1.82, 2.24) is 4.90 Å². The van der Waals surface area contributed by atoms with Crippen molar-refractivity contribution in [2.75, 3.05) is 13.1 Å². The zero-order valence-electron chi connectivity index (χ0n) is 8.84. The minimum absolute atomic E-state index is 0.822. The van der Waals surface area contributed by atoms with Gasteiger partial charge in [-0.05, 0) is 38.8 Å². The summed E-state index contributed by atoms with van der Waals surface area (Å²) in [5.41, 5.74) is 0. The first kappa shape index (κ1) is 10.0. The van der Waals surface area contributed by atoms with Gasteiger partial charge < -0.3 is 4.90 Å². The van der Waals surface area contributed by atoms with Crippen molar-refractivity contribution in [2.24, 2.45) is 5.92 Å². The van der Waals surface area contributed by atoms with Crippen molar-refractivity contribution in [2.45, 2.75) is 52.5 Å². The summed E-state index contributed by atoms with van der Waals surface area (Å²) in [6.07, 6.45) is 5.53. The lowest BCUT2D eigenvalue weighted by Gasteiger charge is -2.30. The topological polar surface area (TPSA) is 3.24 Å². The smallest absolute Gasteiger partial charge is 0.00949 e. The van der Waals surface area contributed by atoms with Crippen LogP contribution < -0.4 is 0 Å². The summed E-state index contributed by atoms with van der Waals surface area (Å²) >= 11 is 0. The highest BCUT2D eigenvalue weighted by Gasteiger charge is 2.22. The first-order valence-electron chi connectivity index (χ1n) is 5.53. The molecule has 0 bridgehead atoms. The molecule has 1 heteroatoms. The number of nitrogens with zero attached hydrogens (tertiary/aromatic N) is 1. The van der Waals surface area contributed by atoms with Crippen LogP contribution >= 0.6 is 0 Å². The van der Waals surface area contributed by atoms with Crippen molar-refractivity contribution in [1.29, 1.82) is 0 Å². The van der Waals surface area contributed by atoms with Gasteiger partial charge in [0.1, 0.15) is 0 Å². The lowest BCUT2D eigenvalue weighted by atomic mass is 9.94. The summed E-state index contributed by atoms with van der Waals surface area (Å²) in [4.78, 5) is 2.66. The molecule has 1 aliphatic rings. The normalized spacial score (nSPS) is 22.0. The van der Waals surface area contributed by atoms with Crippen LogP contribution in [0.3, 0.4) is 0 Å². The predicted octanol–water partition coefficient (Wildman–Crippen LogP) is 2.91. The van der Waals surface area contributed by atoms with Gasteiger partial charge in [-0.15, -0.1) is 0 Å². The van der Waals surface area contributed by atoms with Gasteiger partial charge in [-0.25, -0.2) is 0 Å². The van der Waals surface area contributed by atoms with Crippen LogP contribution in [0.25, 0.3) is 0 Å². The second kappa shape index (κ2) is 4.86. The van der Waals surface area contributed by atoms with Crippen LogP contribution in [0.15, 0.2) is 0 Å². The van der Waals surface area contributed by atoms with Gasteiger partial charge in [0.2, 0.25) is 0 Å². The molecule has 1 heterocycles. The van der Waals surface area contributed by atoms with E-state index in [1.807, 2.05) is 0 Å². The van der Waals surface area contributed by atoms with E-state index in [0.29, 0.717) is 0 Å². The average molecular weight is 169 g/mol. The quantitative estimate of drug-likeness (QED) is 0.625. The van der Waals surface area contributed by atoms with E-state index in [2.05, 4.69) is 25.7 Å². The molecule has 1 aliphatic heterocycles. The molecule has 1 nitrogen and oxygen atoms in total. The van der Waals surface area contributed by atoms with E-state index in [-0.39, 0.29) is 0 Å². The van der Waals surface area contributed by atoms with E-state index >= 15 is 0 Å². The fourth-order valence-electron chi connectivity index (χ4n) is 2.42. The highest BCUT2D eigenvalue weighted by molar-refractivity contribution is 4.77. The SMILES string of the molecule is CCC(CC)C(C)N1CCCC1. The Morgan fingerprint density at radius 2 is 1.58 bits per heavy atom. The Kier molecular flexibility index (Phi) is 4.07. The van der Waals surface area contributed by atoms with E-state index in [0.717, 1.165) is 12.0 Å². The number of rotatable bonds is 4. The minimum atomic E-state index is 0.822. The maximum Gasteiger partial charge on any atom is 0.00949 e. The largest absolute Gasteiger partial charge is 0.300 e. The van der Waals surface area contributed by atoms with Crippen LogP contribution in [0.4, 0.5) is 0 Å². The summed E-state index contributed by atoms with van der Waals surface area (Å²) in [5.74, 6) is 0.920. The van der Waals surface area contributed by atoms with E-state index < -0.39 is 0 Å². The van der Waals surface area contributed by atoms with Crippen LogP contribution in [-0.4, -0.2) is 24.0 Å². The van der Waals surface area contributed by atoms with Gasteiger partial charge in [-0.2, -0.15) is 0 Å². The van der Waals surface area contributed by atoms with Crippen LogP contribution in [0, 0.1) is 5.92 Å². The van der Waals surface area contributed by atoms with Crippen molar-refractivity contribution in [3.05, 3.63) is 0 Å². The Balaban J connectivity index is 2.37. The van der Waals surface area contributed by atoms with Crippen molar-refractivity contribution >= 4 is 0 Å². The lowest BCUT2D eigenvalue weighted by Crippen LogP contribution is -2.35. The van der Waals surface area contributed by atoms with Gasteiger partial charge in [0.15, 0.2) is 0 Å². The predicted molar refractivity (Wildman–Crippen MR) is 54.3 cm³/mol. The fraction of sp³-hybridized carbons (Fsp3) is 1.00. The van der Waals surface area contributed by atoms with Gasteiger partial charge in [-0.1, -0.05) is 26.7 Å². The Morgan fingerprint density at radius 3 is 2.00 bits per heavy atom. The summed E-state index contributed by atoms with van der Waals surface area (Å²) in [6, 6.07) is 0.822. The molecule has 72 valence electrons. The molecule has 0 radical (unpaired) electrons. The standard InChI is InChI=1S/C11H23N/c1-4-11(5-2)10(3)12-8-6-7-9-12/h10-11H,4-9H2,1-3H3. The maximum atomic E-state index is 2.66. The molecule has 0 saturated carbocycles. The summed E-state index contributed by atoms with van der Waals surface area (Å²) in [5, 5.41) is 0. The van der Waals surface area contributed by atoms with Crippen LogP contribution in [-0.2, 0) is 0 Å². The van der Waals surface area contributed by atoms with Crippen LogP contribution in [0.2, 0.25) is 0 Å². The second-order valence-corrected chi connectivity index (χ2v) is 4.06. The van der Waals surface area contributed by atoms with Gasteiger partial charge >= 0.3 is 0 Å². The molecule has 1 saturated heterocycles. The number of hydrogen-bond donors (Lipinski definition) is 0. The molecule has 0 aromatic rings. The molecule has 0 aromatic carbocycles. The third-order valence-corrected chi connectivity index (χ3v) is 3.45. The van der Waals surface area contributed by atoms with Crippen LogP contribution in [0.5, 0.6) is 0 Å². The molecule has 1 atom stereocenters. The Labute approximate surface area is 77.1 Å². The fourth-order valence-corrected chi connectivity index (χ4v) is 2.42. The third kappa shape index (κ3) is 2.22. The van der Waals surface area contributed by atoms with Gasteiger partial charge in [-0.3, -0.25) is 0 Å². The first-order valence-corrected chi connectivity index (χ1v) is 5.53. The van der Waals surface area contributed by atoms with E-state index in [9.17, 15) is 0 Å². The molecule has 12 heavy (non-hydrogen) atoms. The molecule has 0 N–H and O–H groups in total. The Hall–Kier alpha value is -0.0400. The second-order valence-electron chi connectivity index (χ2n) is 4.06. The molecule has 0 spiro atoms. The van der Waals surface area contributed by atoms with E-state index in [1.165, 1.54) is 38.8 Å². The van der Waals surface area contributed by atoms with Crippen molar-refractivity contribution in [3.8, 4) is 0 Å². The van der Waals surface area contributed by atoms with Crippen molar-refractivity contribution < 1.29 is 0 Å². The Bertz CT molecular complexity index is 110. The third-order valence-electron chi connectivity index (χ3n) is 3.45. The minimum Gasteiger partial charge on any atom is -0.300 e. The molecule has 0 amide bonds. The molecular weight excluding hydrogens is 146 g/mol. The van der Waals surface area contributed by atoms with Gasteiger partial charge in [0.05, 0.1) is 0 Å². The number of likely N-dealkylation sites (tertiary alicyclic amines) is 1. The monoisotopic (exact) mass is 169 g/mol. The molecule has 0 aliphatic carbocycles. The van der Waals surface area contributed by atoms with Crippen molar-refractivity contribution in [3.63, 3.8) is 0 Å². The summed E-state index contributed by atoms with van der Waals surface area (Å²) in [6.45, 7) is 9.74. The van der Waals surface area contributed by atoms with Crippen LogP contribution in [0.1, 0.15) is 46.5 Å². The lowest BCUT2D eigenvalue weighted by molar-refractivity contribution is 0.181. The number of hydrogen-bond acceptors (Lipinski definition) is 1. The highest BCUT2D eigenvalue weighted by Crippen LogP contribution is 2.21. The first-order chi connectivity index (χ1) is 5.79. The van der Waals surface area contributed by atoms with E-state index in [1.54, 1.807) is 0 Å². The molecular formula is C11H23N. The maximum absolute atomic E-state index is 2.66. The van der Waals surface area contributed by atoms with Gasteiger partial charge in [0, 0.05) is 6.04 Å². The zero-order chi connectivity index (χ0) is 8.97.